The van der Waals surface area contributed by atoms with E-state index in [0.29, 0.717) is 25.8 Å². The van der Waals surface area contributed by atoms with Crippen molar-refractivity contribution in [2.24, 2.45) is 15.9 Å². The van der Waals surface area contributed by atoms with Gasteiger partial charge in [-0.25, -0.2) is 9.79 Å². The van der Waals surface area contributed by atoms with Crippen LogP contribution in [0.2, 0.25) is 0 Å². The fraction of sp³-hybridized carbons (Fsp3) is 0.417. The molecule has 1 fully saturated rings. The zero-order valence-corrected chi connectivity index (χ0v) is 10.1. The number of hydrogen-bond donors (Lipinski definition) is 1. The summed E-state index contributed by atoms with van der Waals surface area (Å²) in [4.78, 5) is 42.7. The van der Waals surface area contributed by atoms with Gasteiger partial charge in [0.1, 0.15) is 0 Å². The SMILES string of the molecule is O=C1CCC(CCN2C=C=NC=C=NC2=O)C(=O)N1. The van der Waals surface area contributed by atoms with Gasteiger partial charge in [0.25, 0.3) is 0 Å². The summed E-state index contributed by atoms with van der Waals surface area (Å²) in [6, 6.07) is -0.481. The minimum atomic E-state index is -0.481. The van der Waals surface area contributed by atoms with Gasteiger partial charge in [-0.2, -0.15) is 0 Å². The summed E-state index contributed by atoms with van der Waals surface area (Å²) in [7, 11) is 0. The van der Waals surface area contributed by atoms with E-state index in [2.05, 4.69) is 27.0 Å². The number of carbonyl (C=O) groups is 3. The first kappa shape index (κ1) is 13.0. The number of nitrogens with one attached hydrogen (secondary N) is 1. The van der Waals surface area contributed by atoms with Gasteiger partial charge in [-0.05, 0) is 12.8 Å². The van der Waals surface area contributed by atoms with E-state index in [1.807, 2.05) is 0 Å². The van der Waals surface area contributed by atoms with Crippen molar-refractivity contribution in [1.29, 1.82) is 0 Å². The molecule has 2 aliphatic rings. The van der Waals surface area contributed by atoms with Crippen LogP contribution in [-0.4, -0.2) is 41.0 Å². The van der Waals surface area contributed by atoms with Crippen LogP contribution in [-0.2, 0) is 9.59 Å². The van der Waals surface area contributed by atoms with Gasteiger partial charge >= 0.3 is 6.03 Å². The average molecular weight is 260 g/mol. The number of aliphatic imine (C=N–C) groups is 2. The fourth-order valence-electron chi connectivity index (χ4n) is 1.84. The highest BCUT2D eigenvalue weighted by Gasteiger charge is 2.27. The number of carbonyl (C=O) groups excluding carboxylic acids is 3. The molecular weight excluding hydrogens is 248 g/mol. The third-order valence-electron chi connectivity index (χ3n) is 2.89. The highest BCUT2D eigenvalue weighted by Crippen LogP contribution is 2.16. The van der Waals surface area contributed by atoms with E-state index in [1.54, 1.807) is 0 Å². The fourth-order valence-corrected chi connectivity index (χ4v) is 1.84. The highest BCUT2D eigenvalue weighted by atomic mass is 16.2. The number of amides is 4. The van der Waals surface area contributed by atoms with E-state index in [-0.39, 0.29) is 17.7 Å². The molecule has 0 bridgehead atoms. The molecule has 0 aromatic heterocycles. The molecule has 1 unspecified atom stereocenters. The Kier molecular flexibility index (Phi) is 4.03. The third-order valence-corrected chi connectivity index (χ3v) is 2.89. The molecule has 0 radical (unpaired) electrons. The van der Waals surface area contributed by atoms with Crippen molar-refractivity contribution in [1.82, 2.24) is 10.2 Å². The van der Waals surface area contributed by atoms with Crippen molar-refractivity contribution >= 4 is 29.6 Å². The molecule has 7 heteroatoms. The number of imide groups is 1. The van der Waals surface area contributed by atoms with Crippen LogP contribution in [0.15, 0.2) is 22.4 Å². The molecule has 2 aliphatic heterocycles. The quantitative estimate of drug-likeness (QED) is 0.736. The van der Waals surface area contributed by atoms with Crippen LogP contribution in [0, 0.1) is 5.92 Å². The van der Waals surface area contributed by atoms with E-state index in [9.17, 15) is 14.4 Å². The van der Waals surface area contributed by atoms with Crippen LogP contribution in [0.1, 0.15) is 19.3 Å². The molecule has 0 aliphatic carbocycles. The number of piperidine rings is 1. The highest BCUT2D eigenvalue weighted by molar-refractivity contribution is 5.98. The van der Waals surface area contributed by atoms with Gasteiger partial charge in [0.15, 0.2) is 0 Å². The van der Waals surface area contributed by atoms with E-state index < -0.39 is 6.03 Å². The van der Waals surface area contributed by atoms with Crippen LogP contribution in [0.5, 0.6) is 0 Å². The molecule has 2 heterocycles. The normalized spacial score (nSPS) is 22.4. The molecule has 1 atom stereocenters. The van der Waals surface area contributed by atoms with Gasteiger partial charge in [-0.1, -0.05) is 0 Å². The van der Waals surface area contributed by atoms with Crippen molar-refractivity contribution in [2.75, 3.05) is 6.54 Å². The van der Waals surface area contributed by atoms with E-state index in [4.69, 9.17) is 0 Å². The molecule has 4 amide bonds. The minimum absolute atomic E-state index is 0.245. The molecule has 7 nitrogen and oxygen atoms in total. The van der Waals surface area contributed by atoms with Crippen molar-refractivity contribution < 1.29 is 14.4 Å². The minimum Gasteiger partial charge on any atom is -0.296 e. The lowest BCUT2D eigenvalue weighted by Gasteiger charge is -2.22. The topological polar surface area (TPSA) is 91.2 Å². The van der Waals surface area contributed by atoms with Crippen LogP contribution in [0.3, 0.4) is 0 Å². The molecule has 0 aromatic carbocycles. The molecule has 98 valence electrons. The smallest absolute Gasteiger partial charge is 0.296 e. The standard InChI is InChI=1S/C12H12N4O3/c17-10-2-1-9(11(18)15-10)3-7-16-8-6-13-4-5-14-12(16)19/h4,8-9H,1-3,7H2,(H,15,17,18). The summed E-state index contributed by atoms with van der Waals surface area (Å²) in [6.07, 6.45) is 3.93. The lowest BCUT2D eigenvalue weighted by molar-refractivity contribution is -0.136. The van der Waals surface area contributed by atoms with Crippen molar-refractivity contribution in [2.45, 2.75) is 19.3 Å². The first-order chi connectivity index (χ1) is 9.16. The van der Waals surface area contributed by atoms with Crippen molar-refractivity contribution in [3.05, 3.63) is 12.4 Å². The van der Waals surface area contributed by atoms with Crippen molar-refractivity contribution in [3.8, 4) is 0 Å². The molecule has 1 N–H and O–H groups in total. The molecule has 0 spiro atoms. The Bertz CT molecular complexity index is 539. The summed E-state index contributed by atoms with van der Waals surface area (Å²) >= 11 is 0. The van der Waals surface area contributed by atoms with E-state index >= 15 is 0 Å². The summed E-state index contributed by atoms with van der Waals surface area (Å²) in [5, 5.41) is 2.28. The molecule has 19 heavy (non-hydrogen) atoms. The lowest BCUT2D eigenvalue weighted by Crippen LogP contribution is -2.41. The zero-order chi connectivity index (χ0) is 13.7. The number of rotatable bonds is 3. The average Bonchev–Trinajstić information content (AvgIpc) is 2.36. The van der Waals surface area contributed by atoms with Crippen LogP contribution in [0.25, 0.3) is 0 Å². The van der Waals surface area contributed by atoms with Gasteiger partial charge < -0.3 is 0 Å². The van der Waals surface area contributed by atoms with Gasteiger partial charge in [-0.15, -0.1) is 4.99 Å². The Labute approximate surface area is 109 Å². The van der Waals surface area contributed by atoms with Gasteiger partial charge in [0, 0.05) is 30.6 Å². The van der Waals surface area contributed by atoms with E-state index in [0.717, 1.165) is 0 Å². The Balaban J connectivity index is 1.93. The second-order valence-corrected chi connectivity index (χ2v) is 4.17. The Morgan fingerprint density at radius 3 is 3.00 bits per heavy atom. The predicted octanol–water partition coefficient (Wildman–Crippen LogP) is 0.232. The van der Waals surface area contributed by atoms with Gasteiger partial charge in [-0.3, -0.25) is 19.8 Å². The monoisotopic (exact) mass is 260 g/mol. The number of urea groups is 1. The Morgan fingerprint density at radius 1 is 1.37 bits per heavy atom. The van der Waals surface area contributed by atoms with Gasteiger partial charge in [0.05, 0.1) is 12.4 Å². The summed E-state index contributed by atoms with van der Waals surface area (Å²) < 4.78 is 0. The van der Waals surface area contributed by atoms with Crippen LogP contribution in [0.4, 0.5) is 4.79 Å². The maximum Gasteiger partial charge on any atom is 0.356 e. The summed E-state index contributed by atoms with van der Waals surface area (Å²) in [6.45, 7) is 0.318. The molecule has 1 saturated heterocycles. The molecular formula is C12H12N4O3. The van der Waals surface area contributed by atoms with Gasteiger partial charge in [0.2, 0.25) is 11.8 Å². The third kappa shape index (κ3) is 3.48. The number of hydrogen-bond acceptors (Lipinski definition) is 4. The van der Waals surface area contributed by atoms with Crippen molar-refractivity contribution in [3.63, 3.8) is 0 Å². The van der Waals surface area contributed by atoms with Crippen LogP contribution < -0.4 is 5.32 Å². The van der Waals surface area contributed by atoms with Crippen LogP contribution >= 0.6 is 0 Å². The lowest BCUT2D eigenvalue weighted by atomic mass is 9.95. The van der Waals surface area contributed by atoms with E-state index in [1.165, 1.54) is 17.3 Å². The first-order valence-electron chi connectivity index (χ1n) is 5.88. The molecule has 0 saturated carbocycles. The molecule has 2 rings (SSSR count). The predicted molar refractivity (Wildman–Crippen MR) is 66.6 cm³/mol. The maximum atomic E-state index is 11.6. The first-order valence-corrected chi connectivity index (χ1v) is 5.88. The molecule has 0 aromatic rings. The Hall–Kier alpha value is -2.49. The largest absolute Gasteiger partial charge is 0.356 e. The summed E-state index contributed by atoms with van der Waals surface area (Å²) in [5.74, 6) is 4.11. The summed E-state index contributed by atoms with van der Waals surface area (Å²) in [5.41, 5.74) is 0. The zero-order valence-electron chi connectivity index (χ0n) is 10.1. The maximum absolute atomic E-state index is 11.6. The number of nitrogens with zero attached hydrogens (tertiary/aromatic N) is 3. The Morgan fingerprint density at radius 2 is 2.21 bits per heavy atom. The second kappa shape index (κ2) is 5.91. The second-order valence-electron chi connectivity index (χ2n) is 4.17.